The van der Waals surface area contributed by atoms with Crippen LogP contribution in [0.4, 0.5) is 24.5 Å². The van der Waals surface area contributed by atoms with E-state index in [1.54, 1.807) is 12.1 Å². The van der Waals surface area contributed by atoms with Crippen molar-refractivity contribution >= 4 is 38.9 Å². The second-order valence-corrected chi connectivity index (χ2v) is 9.01. The van der Waals surface area contributed by atoms with Crippen molar-refractivity contribution in [3.05, 3.63) is 82.9 Å². The first-order chi connectivity index (χ1) is 15.5. The summed E-state index contributed by atoms with van der Waals surface area (Å²) >= 11 is 5.55. The molecule has 3 aromatic carbocycles. The van der Waals surface area contributed by atoms with Crippen LogP contribution in [0.2, 0.25) is 5.02 Å². The molecule has 0 unspecified atom stereocenters. The van der Waals surface area contributed by atoms with E-state index in [1.165, 1.54) is 24.3 Å². The van der Waals surface area contributed by atoms with E-state index in [-0.39, 0.29) is 17.2 Å². The molecule has 0 aliphatic rings. The van der Waals surface area contributed by atoms with Crippen LogP contribution in [-0.4, -0.2) is 20.9 Å². The molecule has 3 aromatic rings. The molecule has 0 atom stereocenters. The molecule has 1 amide bonds. The second kappa shape index (κ2) is 9.72. The van der Waals surface area contributed by atoms with Crippen LogP contribution in [0, 0.1) is 6.92 Å². The number of hydrogen-bond donors (Lipinski definition) is 2. The van der Waals surface area contributed by atoms with E-state index in [2.05, 4.69) is 10.0 Å². The quantitative estimate of drug-likeness (QED) is 0.451. The molecule has 2 N–H and O–H groups in total. The molecule has 0 spiro atoms. The number of hydrogen-bond acceptors (Lipinski definition) is 4. The van der Waals surface area contributed by atoms with Crippen molar-refractivity contribution < 1.29 is 31.1 Å². The first kappa shape index (κ1) is 24.4. The maximum atomic E-state index is 13.0. The van der Waals surface area contributed by atoms with E-state index in [4.69, 9.17) is 16.3 Å². The van der Waals surface area contributed by atoms with Crippen molar-refractivity contribution in [1.29, 1.82) is 0 Å². The van der Waals surface area contributed by atoms with Gasteiger partial charge in [-0.2, -0.15) is 13.2 Å². The monoisotopic (exact) mass is 498 g/mol. The van der Waals surface area contributed by atoms with Gasteiger partial charge in [0, 0.05) is 11.4 Å². The number of carbonyl (C=O) groups excluding carboxylic acids is 1. The van der Waals surface area contributed by atoms with E-state index in [0.717, 1.165) is 17.7 Å². The summed E-state index contributed by atoms with van der Waals surface area (Å²) in [6.45, 7) is 1.60. The van der Waals surface area contributed by atoms with Crippen LogP contribution in [0.3, 0.4) is 0 Å². The molecule has 0 aliphatic heterocycles. The lowest BCUT2D eigenvalue weighted by Gasteiger charge is -2.13. The summed E-state index contributed by atoms with van der Waals surface area (Å²) in [4.78, 5) is 11.9. The first-order valence-corrected chi connectivity index (χ1v) is 11.3. The van der Waals surface area contributed by atoms with E-state index in [1.807, 2.05) is 19.1 Å². The number of para-hydroxylation sites is 1. The van der Waals surface area contributed by atoms with Crippen LogP contribution >= 0.6 is 11.6 Å². The summed E-state index contributed by atoms with van der Waals surface area (Å²) in [6, 6.07) is 15.0. The lowest BCUT2D eigenvalue weighted by Crippen LogP contribution is -2.20. The molecule has 174 valence electrons. The minimum absolute atomic E-state index is 0.208. The SMILES string of the molecule is Cc1ccccc1OCC(=O)Nc1ccc(S(=O)(=O)Nc2ccc(Cl)c(C(F)(F)F)c2)cc1. The number of rotatable bonds is 7. The molecular formula is C22H18ClF3N2O4S. The van der Waals surface area contributed by atoms with Gasteiger partial charge in [-0.15, -0.1) is 0 Å². The summed E-state index contributed by atoms with van der Waals surface area (Å²) in [6.07, 6.45) is -4.73. The molecular weight excluding hydrogens is 481 g/mol. The van der Waals surface area contributed by atoms with Gasteiger partial charge in [-0.3, -0.25) is 9.52 Å². The Morgan fingerprint density at radius 1 is 1.00 bits per heavy atom. The van der Waals surface area contributed by atoms with Gasteiger partial charge in [-0.05, 0) is 61.0 Å². The number of nitrogens with one attached hydrogen (secondary N) is 2. The van der Waals surface area contributed by atoms with Crippen molar-refractivity contribution in [3.63, 3.8) is 0 Å². The Morgan fingerprint density at radius 3 is 2.27 bits per heavy atom. The number of benzene rings is 3. The van der Waals surface area contributed by atoms with Gasteiger partial charge in [0.15, 0.2) is 6.61 Å². The summed E-state index contributed by atoms with van der Waals surface area (Å²) < 4.78 is 71.6. The van der Waals surface area contributed by atoms with E-state index < -0.39 is 32.7 Å². The van der Waals surface area contributed by atoms with Crippen LogP contribution in [0.1, 0.15) is 11.1 Å². The lowest BCUT2D eigenvalue weighted by molar-refractivity contribution is -0.137. The molecule has 0 bridgehead atoms. The molecule has 0 aromatic heterocycles. The number of aryl methyl sites for hydroxylation is 1. The number of sulfonamides is 1. The van der Waals surface area contributed by atoms with Crippen molar-refractivity contribution in [2.75, 3.05) is 16.6 Å². The maximum Gasteiger partial charge on any atom is 0.417 e. The normalized spacial score (nSPS) is 11.7. The van der Waals surface area contributed by atoms with Gasteiger partial charge in [0.05, 0.1) is 15.5 Å². The number of alkyl halides is 3. The number of carbonyl (C=O) groups is 1. The first-order valence-electron chi connectivity index (χ1n) is 9.43. The van der Waals surface area contributed by atoms with E-state index >= 15 is 0 Å². The van der Waals surface area contributed by atoms with Crippen LogP contribution in [0.25, 0.3) is 0 Å². The highest BCUT2D eigenvalue weighted by molar-refractivity contribution is 7.92. The van der Waals surface area contributed by atoms with Crippen LogP contribution < -0.4 is 14.8 Å². The van der Waals surface area contributed by atoms with Gasteiger partial charge in [-0.1, -0.05) is 29.8 Å². The zero-order valence-electron chi connectivity index (χ0n) is 17.1. The Hall–Kier alpha value is -3.24. The fourth-order valence-electron chi connectivity index (χ4n) is 2.80. The topological polar surface area (TPSA) is 84.5 Å². The van der Waals surface area contributed by atoms with Crippen molar-refractivity contribution in [2.45, 2.75) is 18.0 Å². The van der Waals surface area contributed by atoms with Crippen LogP contribution in [-0.2, 0) is 21.0 Å². The summed E-state index contributed by atoms with van der Waals surface area (Å²) in [7, 11) is -4.18. The second-order valence-electron chi connectivity index (χ2n) is 6.92. The maximum absolute atomic E-state index is 13.0. The Labute approximate surface area is 193 Å². The highest BCUT2D eigenvalue weighted by Gasteiger charge is 2.33. The fraction of sp³-hybridized carbons (Fsp3) is 0.136. The summed E-state index contributed by atoms with van der Waals surface area (Å²) in [5.41, 5.74) is -0.263. The van der Waals surface area contributed by atoms with Gasteiger partial charge >= 0.3 is 6.18 Å². The predicted molar refractivity (Wildman–Crippen MR) is 119 cm³/mol. The molecule has 0 fully saturated rings. The average molecular weight is 499 g/mol. The fourth-order valence-corrected chi connectivity index (χ4v) is 4.07. The average Bonchev–Trinajstić information content (AvgIpc) is 2.74. The number of amides is 1. The minimum atomic E-state index is -4.73. The predicted octanol–water partition coefficient (Wildman–Crippen LogP) is 5.49. The summed E-state index contributed by atoms with van der Waals surface area (Å²) in [5, 5.41) is 2.03. The third-order valence-electron chi connectivity index (χ3n) is 4.42. The third-order valence-corrected chi connectivity index (χ3v) is 6.15. The third kappa shape index (κ3) is 6.39. The molecule has 0 saturated heterocycles. The lowest BCUT2D eigenvalue weighted by atomic mass is 10.2. The molecule has 11 heteroatoms. The van der Waals surface area contributed by atoms with Crippen molar-refractivity contribution in [2.24, 2.45) is 0 Å². The highest BCUT2D eigenvalue weighted by Crippen LogP contribution is 2.36. The van der Waals surface area contributed by atoms with Gasteiger partial charge in [0.25, 0.3) is 15.9 Å². The Balaban J connectivity index is 1.65. The zero-order valence-corrected chi connectivity index (χ0v) is 18.7. The Bertz CT molecular complexity index is 1260. The van der Waals surface area contributed by atoms with Crippen LogP contribution in [0.15, 0.2) is 71.6 Å². The Morgan fingerprint density at radius 2 is 1.64 bits per heavy atom. The molecule has 0 radical (unpaired) electrons. The zero-order chi connectivity index (χ0) is 24.2. The number of ether oxygens (including phenoxy) is 1. The molecule has 0 saturated carbocycles. The molecule has 6 nitrogen and oxygen atoms in total. The van der Waals surface area contributed by atoms with Crippen molar-refractivity contribution in [3.8, 4) is 5.75 Å². The standard InChI is InChI=1S/C22H18ClF3N2O4S/c1-14-4-2-3-5-20(14)32-13-21(29)27-15-6-9-17(10-7-15)33(30,31)28-16-8-11-19(23)18(12-16)22(24,25)26/h2-12,28H,13H2,1H3,(H,27,29). The smallest absolute Gasteiger partial charge is 0.417 e. The molecule has 33 heavy (non-hydrogen) atoms. The minimum Gasteiger partial charge on any atom is -0.483 e. The van der Waals surface area contributed by atoms with Gasteiger partial charge in [0.1, 0.15) is 5.75 Å². The van der Waals surface area contributed by atoms with E-state index in [0.29, 0.717) is 17.5 Å². The van der Waals surface area contributed by atoms with Crippen LogP contribution in [0.5, 0.6) is 5.75 Å². The molecule has 0 aliphatic carbocycles. The van der Waals surface area contributed by atoms with Gasteiger partial charge < -0.3 is 10.1 Å². The summed E-state index contributed by atoms with van der Waals surface area (Å²) in [5.74, 6) is 0.115. The van der Waals surface area contributed by atoms with Gasteiger partial charge in [0.2, 0.25) is 0 Å². The van der Waals surface area contributed by atoms with Crippen molar-refractivity contribution in [1.82, 2.24) is 0 Å². The molecule has 0 heterocycles. The largest absolute Gasteiger partial charge is 0.483 e. The van der Waals surface area contributed by atoms with Gasteiger partial charge in [-0.25, -0.2) is 8.42 Å². The van der Waals surface area contributed by atoms with E-state index in [9.17, 15) is 26.4 Å². The highest BCUT2D eigenvalue weighted by atomic mass is 35.5. The molecule has 3 rings (SSSR count). The Kier molecular flexibility index (Phi) is 7.19. The number of anilines is 2. The number of halogens is 4.